The lowest BCUT2D eigenvalue weighted by atomic mass is 9.70. The average molecular weight is 773 g/mol. The van der Waals surface area contributed by atoms with Crippen LogP contribution in [0, 0.1) is 0 Å². The molecule has 2 heteroatoms. The summed E-state index contributed by atoms with van der Waals surface area (Å²) in [4.78, 5) is 10.9. The van der Waals surface area contributed by atoms with Crippen molar-refractivity contribution in [3.63, 3.8) is 0 Å². The molecule has 0 atom stereocenters. The van der Waals surface area contributed by atoms with Gasteiger partial charge in [-0.1, -0.05) is 200 Å². The molecule has 2 aliphatic rings. The lowest BCUT2D eigenvalue weighted by Crippen LogP contribution is -2.25. The maximum atomic E-state index is 5.49. The predicted molar refractivity (Wildman–Crippen MR) is 253 cm³/mol. The van der Waals surface area contributed by atoms with Crippen molar-refractivity contribution in [2.75, 3.05) is 0 Å². The number of nitrogens with zero attached hydrogens (tertiary/aromatic N) is 2. The maximum absolute atomic E-state index is 5.49. The number of hydrogen-bond acceptors (Lipinski definition) is 2. The highest BCUT2D eigenvalue weighted by Gasteiger charge is 2.51. The normalized spacial score (nSPS) is 13.0. The van der Waals surface area contributed by atoms with Crippen LogP contribution in [-0.2, 0) is 5.41 Å². The molecule has 0 saturated heterocycles. The van der Waals surface area contributed by atoms with E-state index in [1.807, 2.05) is 0 Å². The van der Waals surface area contributed by atoms with Gasteiger partial charge in [-0.25, -0.2) is 9.97 Å². The Morgan fingerprint density at radius 1 is 0.279 bits per heavy atom. The molecule has 11 aromatic rings. The summed E-state index contributed by atoms with van der Waals surface area (Å²) in [6.07, 6.45) is 0. The highest BCUT2D eigenvalue weighted by molar-refractivity contribution is 6.20. The van der Waals surface area contributed by atoms with Crippen LogP contribution in [0.3, 0.4) is 0 Å². The molecule has 0 aliphatic heterocycles. The number of hydrogen-bond donors (Lipinski definition) is 0. The van der Waals surface area contributed by atoms with E-state index in [-0.39, 0.29) is 0 Å². The minimum Gasteiger partial charge on any atom is -0.228 e. The lowest BCUT2D eigenvalue weighted by molar-refractivity contribution is 0.794. The summed E-state index contributed by atoms with van der Waals surface area (Å²) >= 11 is 0. The minimum atomic E-state index is -0.398. The summed E-state index contributed by atoms with van der Waals surface area (Å²) in [5, 5.41) is 7.21. The van der Waals surface area contributed by atoms with E-state index in [2.05, 4.69) is 218 Å². The van der Waals surface area contributed by atoms with Gasteiger partial charge in [-0.3, -0.25) is 0 Å². The van der Waals surface area contributed by atoms with E-state index >= 15 is 0 Å². The van der Waals surface area contributed by atoms with Crippen LogP contribution in [0.1, 0.15) is 22.3 Å². The number of benzene rings is 10. The fourth-order valence-electron chi connectivity index (χ4n) is 10.6. The summed E-state index contributed by atoms with van der Waals surface area (Å²) in [5.74, 6) is 0.699. The molecule has 0 N–H and O–H groups in total. The lowest BCUT2D eigenvalue weighted by Gasteiger charge is -2.30. The number of fused-ring (bicyclic) bond motifs is 14. The largest absolute Gasteiger partial charge is 0.228 e. The van der Waals surface area contributed by atoms with E-state index in [0.717, 1.165) is 33.6 Å². The monoisotopic (exact) mass is 772 g/mol. The Hall–Kier alpha value is -7.94. The number of aromatic nitrogens is 2. The zero-order valence-corrected chi connectivity index (χ0v) is 33.2. The van der Waals surface area contributed by atoms with Gasteiger partial charge in [0.1, 0.15) is 0 Å². The van der Waals surface area contributed by atoms with Crippen LogP contribution in [0.4, 0.5) is 0 Å². The van der Waals surface area contributed by atoms with Crippen LogP contribution >= 0.6 is 0 Å². The molecule has 282 valence electrons. The third kappa shape index (κ3) is 4.91. The van der Waals surface area contributed by atoms with Crippen LogP contribution < -0.4 is 0 Å². The molecule has 2 nitrogen and oxygen atoms in total. The molecule has 1 heterocycles. The zero-order chi connectivity index (χ0) is 40.1. The van der Waals surface area contributed by atoms with Crippen molar-refractivity contribution in [3.05, 3.63) is 241 Å². The summed E-state index contributed by atoms with van der Waals surface area (Å²) < 4.78 is 0. The van der Waals surface area contributed by atoms with Gasteiger partial charge in [-0.2, -0.15) is 0 Å². The molecule has 0 radical (unpaired) electrons. The van der Waals surface area contributed by atoms with Gasteiger partial charge in [0.2, 0.25) is 0 Å². The second-order valence-corrected chi connectivity index (χ2v) is 16.4. The van der Waals surface area contributed by atoms with Crippen molar-refractivity contribution in [1.82, 2.24) is 9.97 Å². The molecule has 0 bridgehead atoms. The van der Waals surface area contributed by atoms with E-state index in [1.165, 1.54) is 82.4 Å². The Balaban J connectivity index is 1.06. The van der Waals surface area contributed by atoms with Gasteiger partial charge in [0.05, 0.1) is 16.8 Å². The van der Waals surface area contributed by atoms with Crippen molar-refractivity contribution in [2.45, 2.75) is 5.41 Å². The molecule has 1 aromatic heterocycles. The number of rotatable bonds is 4. The van der Waals surface area contributed by atoms with E-state index in [9.17, 15) is 0 Å². The minimum absolute atomic E-state index is 0.398. The summed E-state index contributed by atoms with van der Waals surface area (Å²) in [7, 11) is 0. The summed E-state index contributed by atoms with van der Waals surface area (Å²) in [5.41, 5.74) is 17.4. The average Bonchev–Trinajstić information content (AvgIpc) is 3.80. The molecule has 0 fully saturated rings. The summed E-state index contributed by atoms with van der Waals surface area (Å²) in [6.45, 7) is 0. The Bertz CT molecular complexity index is 3540. The Morgan fingerprint density at radius 2 is 0.803 bits per heavy atom. The molecular formula is C59H36N2. The fourth-order valence-corrected chi connectivity index (χ4v) is 10.6. The molecule has 61 heavy (non-hydrogen) atoms. The van der Waals surface area contributed by atoms with Crippen molar-refractivity contribution < 1.29 is 0 Å². The highest BCUT2D eigenvalue weighted by atomic mass is 14.9. The van der Waals surface area contributed by atoms with Crippen molar-refractivity contribution >= 4 is 32.3 Å². The van der Waals surface area contributed by atoms with Gasteiger partial charge >= 0.3 is 0 Å². The Kier molecular flexibility index (Phi) is 7.26. The first-order chi connectivity index (χ1) is 30.2. The molecule has 0 unspecified atom stereocenters. The van der Waals surface area contributed by atoms with Crippen LogP contribution in [0.15, 0.2) is 218 Å². The second kappa shape index (κ2) is 13.0. The van der Waals surface area contributed by atoms with Gasteiger partial charge in [0.15, 0.2) is 5.82 Å². The first-order valence-electron chi connectivity index (χ1n) is 21.1. The van der Waals surface area contributed by atoms with Crippen molar-refractivity contribution in [3.8, 4) is 67.3 Å². The van der Waals surface area contributed by atoms with E-state index in [4.69, 9.17) is 9.97 Å². The predicted octanol–water partition coefficient (Wildman–Crippen LogP) is 14.9. The van der Waals surface area contributed by atoms with Gasteiger partial charge < -0.3 is 0 Å². The highest BCUT2D eigenvalue weighted by Crippen LogP contribution is 2.63. The quantitative estimate of drug-likeness (QED) is 0.132. The van der Waals surface area contributed by atoms with E-state index in [0.29, 0.717) is 5.82 Å². The van der Waals surface area contributed by atoms with Gasteiger partial charge in [-0.05, 0) is 106 Å². The smallest absolute Gasteiger partial charge is 0.160 e. The van der Waals surface area contributed by atoms with Gasteiger partial charge in [0, 0.05) is 16.7 Å². The maximum Gasteiger partial charge on any atom is 0.160 e. The second-order valence-electron chi connectivity index (χ2n) is 16.4. The van der Waals surface area contributed by atoms with Crippen LogP contribution in [0.2, 0.25) is 0 Å². The van der Waals surface area contributed by atoms with E-state index < -0.39 is 5.41 Å². The standard InChI is InChI=1S/C59H36N2/c1-2-14-37(15-3-1)38-26-28-40(29-27-38)58-60-55(36-56(61-58)57-44-19-7-5-17-41(44)34-49-43-18-6-4-16-39(43)30-32-48(49)57)42-31-33-54-50(35-42)47-22-10-13-25-53(47)59(54)51-23-11-8-20-45(51)46-21-9-12-24-52(46)59/h1-36H. The first kappa shape index (κ1) is 34.0. The van der Waals surface area contributed by atoms with E-state index in [1.54, 1.807) is 0 Å². The third-order valence-corrected chi connectivity index (χ3v) is 13.3. The topological polar surface area (TPSA) is 25.8 Å². The van der Waals surface area contributed by atoms with Crippen molar-refractivity contribution in [1.29, 1.82) is 0 Å². The molecule has 2 aliphatic carbocycles. The molecule has 0 amide bonds. The molecular weight excluding hydrogens is 737 g/mol. The first-order valence-corrected chi connectivity index (χ1v) is 21.1. The van der Waals surface area contributed by atoms with Crippen molar-refractivity contribution in [2.24, 2.45) is 0 Å². The third-order valence-electron chi connectivity index (χ3n) is 13.3. The Labute approximate surface area is 354 Å². The molecule has 13 rings (SSSR count). The van der Waals surface area contributed by atoms with Crippen LogP contribution in [-0.4, -0.2) is 9.97 Å². The molecule has 10 aromatic carbocycles. The van der Waals surface area contributed by atoms with Gasteiger partial charge in [-0.15, -0.1) is 0 Å². The Morgan fingerprint density at radius 3 is 1.52 bits per heavy atom. The van der Waals surface area contributed by atoms with Crippen LogP contribution in [0.5, 0.6) is 0 Å². The molecule has 1 spiro atoms. The van der Waals surface area contributed by atoms with Gasteiger partial charge in [0.25, 0.3) is 0 Å². The summed E-state index contributed by atoms with van der Waals surface area (Å²) in [6, 6.07) is 79.7. The molecule has 0 saturated carbocycles. The zero-order valence-electron chi connectivity index (χ0n) is 33.2. The van der Waals surface area contributed by atoms with Crippen LogP contribution in [0.25, 0.3) is 99.6 Å². The fraction of sp³-hybridized carbons (Fsp3) is 0.0169. The SMILES string of the molecule is c1ccc(-c2ccc(-c3nc(-c4ccc5c(c4)-c4ccccc4C54c5ccccc5-c5ccccc54)cc(-c4c5ccccc5cc5c4ccc4ccccc45)n3)cc2)cc1.